The van der Waals surface area contributed by atoms with Gasteiger partial charge in [0.05, 0.1) is 16.6 Å². The van der Waals surface area contributed by atoms with Crippen LogP contribution in [0.1, 0.15) is 38.9 Å². The van der Waals surface area contributed by atoms with Gasteiger partial charge in [-0.1, -0.05) is 30.3 Å². The molecule has 0 aliphatic heterocycles. The van der Waals surface area contributed by atoms with Crippen LogP contribution in [0.25, 0.3) is 0 Å². The molecule has 1 atom stereocenters. The molecule has 0 saturated heterocycles. The Kier molecular flexibility index (Phi) is 4.83. The van der Waals surface area contributed by atoms with Crippen molar-refractivity contribution in [2.24, 2.45) is 0 Å². The van der Waals surface area contributed by atoms with Gasteiger partial charge in [0.15, 0.2) is 0 Å². The van der Waals surface area contributed by atoms with Crippen LogP contribution in [-0.4, -0.2) is 27.8 Å². The summed E-state index contributed by atoms with van der Waals surface area (Å²) in [4.78, 5) is 24.0. The normalized spacial score (nSPS) is 12.1. The number of aromatic nitrogens is 2. The summed E-state index contributed by atoms with van der Waals surface area (Å²) < 4.78 is 0. The Balaban J connectivity index is 1.71. The van der Waals surface area contributed by atoms with Crippen molar-refractivity contribution in [1.29, 1.82) is 0 Å². The molecule has 2 heterocycles. The minimum absolute atomic E-state index is 0.00530. The number of carbonyl (C=O) groups excluding carboxylic acids is 1. The Morgan fingerprint density at radius 3 is 2.74 bits per heavy atom. The molecule has 0 spiro atoms. The van der Waals surface area contributed by atoms with E-state index < -0.39 is 0 Å². The highest BCUT2D eigenvalue weighted by molar-refractivity contribution is 7.10. The van der Waals surface area contributed by atoms with E-state index in [1.54, 1.807) is 27.9 Å². The van der Waals surface area contributed by atoms with Gasteiger partial charge in [-0.05, 0) is 12.5 Å². The van der Waals surface area contributed by atoms with Crippen LogP contribution < -0.4 is 0 Å². The molecular weight excluding hydrogens is 326 g/mol. The van der Waals surface area contributed by atoms with E-state index in [1.807, 2.05) is 37.6 Å². The van der Waals surface area contributed by atoms with E-state index in [-0.39, 0.29) is 11.9 Å². The van der Waals surface area contributed by atoms with Gasteiger partial charge in [0, 0.05) is 29.9 Å². The van der Waals surface area contributed by atoms with Crippen LogP contribution in [0.3, 0.4) is 0 Å². The maximum Gasteiger partial charge on any atom is 0.273 e. The van der Waals surface area contributed by atoms with Crippen LogP contribution in [0.4, 0.5) is 0 Å². The van der Waals surface area contributed by atoms with E-state index in [1.165, 1.54) is 16.9 Å². The van der Waals surface area contributed by atoms with Crippen LogP contribution >= 0.6 is 22.7 Å². The largest absolute Gasteiger partial charge is 0.333 e. The van der Waals surface area contributed by atoms with Gasteiger partial charge in [-0.3, -0.25) is 9.78 Å². The Bertz CT molecular complexity index is 768. The smallest absolute Gasteiger partial charge is 0.273 e. The molecule has 1 aromatic carbocycles. The first-order valence-electron chi connectivity index (χ1n) is 7.29. The number of amides is 1. The highest BCUT2D eigenvalue weighted by Crippen LogP contribution is 2.24. The lowest BCUT2D eigenvalue weighted by Gasteiger charge is -2.22. The van der Waals surface area contributed by atoms with Crippen molar-refractivity contribution >= 4 is 28.6 Å². The van der Waals surface area contributed by atoms with E-state index in [0.717, 1.165) is 16.3 Å². The fourth-order valence-electron chi connectivity index (χ4n) is 2.24. The Labute approximate surface area is 143 Å². The van der Waals surface area contributed by atoms with Gasteiger partial charge in [0.25, 0.3) is 5.91 Å². The summed E-state index contributed by atoms with van der Waals surface area (Å²) in [5.41, 5.74) is 3.50. The zero-order valence-corrected chi connectivity index (χ0v) is 14.6. The van der Waals surface area contributed by atoms with Crippen molar-refractivity contribution in [2.45, 2.75) is 19.4 Å². The zero-order chi connectivity index (χ0) is 16.2. The molecule has 0 radical (unpaired) electrons. The Morgan fingerprint density at radius 2 is 2.04 bits per heavy atom. The number of hydrogen-bond donors (Lipinski definition) is 0. The van der Waals surface area contributed by atoms with E-state index in [4.69, 9.17) is 0 Å². The van der Waals surface area contributed by atoms with Crippen molar-refractivity contribution in [3.05, 3.63) is 68.6 Å². The van der Waals surface area contributed by atoms with Gasteiger partial charge in [-0.15, -0.1) is 22.7 Å². The van der Waals surface area contributed by atoms with Crippen molar-refractivity contribution in [1.82, 2.24) is 14.9 Å². The topological polar surface area (TPSA) is 46.1 Å². The van der Waals surface area contributed by atoms with Gasteiger partial charge in [-0.25, -0.2) is 4.98 Å². The number of benzene rings is 1. The minimum Gasteiger partial charge on any atom is -0.333 e. The molecule has 0 saturated carbocycles. The van der Waals surface area contributed by atoms with Crippen LogP contribution in [0.2, 0.25) is 0 Å². The second kappa shape index (κ2) is 7.02. The number of carbonyl (C=O) groups is 1. The molecule has 0 aliphatic rings. The third kappa shape index (κ3) is 3.65. The Morgan fingerprint density at radius 1 is 1.26 bits per heavy atom. The summed E-state index contributed by atoms with van der Waals surface area (Å²) in [6.45, 7) is 2.00. The third-order valence-electron chi connectivity index (χ3n) is 3.73. The highest BCUT2D eigenvalue weighted by atomic mass is 32.1. The molecular formula is C17H17N3OS2. The second-order valence-electron chi connectivity index (χ2n) is 5.28. The van der Waals surface area contributed by atoms with Crippen LogP contribution in [-0.2, 0) is 6.42 Å². The van der Waals surface area contributed by atoms with Gasteiger partial charge in [0.2, 0.25) is 0 Å². The predicted octanol–water partition coefficient (Wildman–Crippen LogP) is 4.02. The number of hydrogen-bond acceptors (Lipinski definition) is 5. The predicted molar refractivity (Wildman–Crippen MR) is 94.0 cm³/mol. The zero-order valence-electron chi connectivity index (χ0n) is 13.0. The molecule has 118 valence electrons. The first-order valence-corrected chi connectivity index (χ1v) is 9.05. The number of rotatable bonds is 5. The number of thiazole rings is 2. The summed E-state index contributed by atoms with van der Waals surface area (Å²) in [6, 6.07) is 10.2. The highest BCUT2D eigenvalue weighted by Gasteiger charge is 2.22. The SMILES string of the molecule is C[C@@H](c1cncs1)N(C)C(=O)c1csc(Cc2ccccc2)n1. The van der Waals surface area contributed by atoms with Gasteiger partial charge in [-0.2, -0.15) is 0 Å². The van der Waals surface area contributed by atoms with Gasteiger partial charge >= 0.3 is 0 Å². The van der Waals surface area contributed by atoms with Crippen molar-refractivity contribution in [3.8, 4) is 0 Å². The Hall–Kier alpha value is -2.05. The average molecular weight is 343 g/mol. The summed E-state index contributed by atoms with van der Waals surface area (Å²) >= 11 is 3.09. The molecule has 3 aromatic rings. The second-order valence-corrected chi connectivity index (χ2v) is 7.15. The van der Waals surface area contributed by atoms with Crippen LogP contribution in [0.5, 0.6) is 0 Å². The molecule has 2 aromatic heterocycles. The molecule has 0 bridgehead atoms. The lowest BCUT2D eigenvalue weighted by atomic mass is 10.2. The fourth-order valence-corrected chi connectivity index (χ4v) is 3.76. The molecule has 0 unspecified atom stereocenters. The van der Waals surface area contributed by atoms with E-state index in [0.29, 0.717) is 5.69 Å². The van der Waals surface area contributed by atoms with E-state index in [9.17, 15) is 4.79 Å². The molecule has 4 nitrogen and oxygen atoms in total. The molecule has 23 heavy (non-hydrogen) atoms. The molecule has 3 rings (SSSR count). The summed E-state index contributed by atoms with van der Waals surface area (Å²) in [5.74, 6) is -0.0542. The van der Waals surface area contributed by atoms with E-state index >= 15 is 0 Å². The van der Waals surface area contributed by atoms with Crippen LogP contribution in [0.15, 0.2) is 47.4 Å². The minimum atomic E-state index is -0.0542. The quantitative estimate of drug-likeness (QED) is 0.703. The van der Waals surface area contributed by atoms with E-state index in [2.05, 4.69) is 22.1 Å². The third-order valence-corrected chi connectivity index (χ3v) is 5.53. The van der Waals surface area contributed by atoms with Crippen molar-refractivity contribution in [2.75, 3.05) is 7.05 Å². The lowest BCUT2D eigenvalue weighted by molar-refractivity contribution is 0.0739. The summed E-state index contributed by atoms with van der Waals surface area (Å²) in [7, 11) is 1.81. The van der Waals surface area contributed by atoms with Gasteiger partial charge in [0.1, 0.15) is 5.69 Å². The maximum absolute atomic E-state index is 12.6. The van der Waals surface area contributed by atoms with Gasteiger partial charge < -0.3 is 4.90 Å². The number of nitrogens with zero attached hydrogens (tertiary/aromatic N) is 3. The molecule has 0 aliphatic carbocycles. The first-order chi connectivity index (χ1) is 11.1. The fraction of sp³-hybridized carbons (Fsp3) is 0.235. The summed E-state index contributed by atoms with van der Waals surface area (Å²) in [6.07, 6.45) is 2.56. The average Bonchev–Trinajstić information content (AvgIpc) is 3.25. The lowest BCUT2D eigenvalue weighted by Crippen LogP contribution is -2.29. The molecule has 0 N–H and O–H groups in total. The molecule has 6 heteroatoms. The van der Waals surface area contributed by atoms with Crippen LogP contribution in [0, 0.1) is 0 Å². The van der Waals surface area contributed by atoms with Crippen molar-refractivity contribution < 1.29 is 4.79 Å². The monoisotopic (exact) mass is 343 g/mol. The molecule has 1 amide bonds. The first kappa shape index (κ1) is 15.8. The standard InChI is InChI=1S/C17H17N3OS2/c1-12(15-9-18-11-23-15)20(2)17(21)14-10-22-16(19-14)8-13-6-4-3-5-7-13/h3-7,9-12H,8H2,1-2H3/t12-/m0/s1. The molecule has 0 fully saturated rings. The van der Waals surface area contributed by atoms with Crippen molar-refractivity contribution in [3.63, 3.8) is 0 Å². The maximum atomic E-state index is 12.6. The summed E-state index contributed by atoms with van der Waals surface area (Å²) in [5, 5.41) is 2.80.